The predicted octanol–water partition coefficient (Wildman–Crippen LogP) is 0.374. The van der Waals surface area contributed by atoms with Gasteiger partial charge in [0.25, 0.3) is 5.56 Å². The largest absolute Gasteiger partial charge is 0.296 e. The van der Waals surface area contributed by atoms with E-state index in [-0.39, 0.29) is 34.8 Å². The van der Waals surface area contributed by atoms with Crippen molar-refractivity contribution >= 4 is 28.9 Å². The van der Waals surface area contributed by atoms with Gasteiger partial charge in [-0.25, -0.2) is 4.98 Å². The van der Waals surface area contributed by atoms with Crippen LogP contribution in [0.15, 0.2) is 11.1 Å². The van der Waals surface area contributed by atoms with Crippen LogP contribution in [-0.4, -0.2) is 31.3 Å². The van der Waals surface area contributed by atoms with Crippen molar-refractivity contribution in [2.45, 2.75) is 20.8 Å². The Labute approximate surface area is 107 Å². The average molecular weight is 263 g/mol. The second-order valence-corrected chi connectivity index (χ2v) is 4.36. The second-order valence-electron chi connectivity index (χ2n) is 4.36. The molecule has 0 unspecified atom stereocenters. The molecule has 8 heteroatoms. The molecule has 1 amide bonds. The van der Waals surface area contributed by atoms with Crippen LogP contribution >= 0.6 is 0 Å². The number of rotatable bonds is 2. The molecule has 0 atom stereocenters. The normalized spacial score (nSPS) is 10.9. The van der Waals surface area contributed by atoms with E-state index < -0.39 is 5.56 Å². The lowest BCUT2D eigenvalue weighted by Gasteiger charge is -2.06. The maximum Gasteiger partial charge on any atom is 0.280 e. The van der Waals surface area contributed by atoms with E-state index in [0.29, 0.717) is 0 Å². The van der Waals surface area contributed by atoms with Crippen LogP contribution in [0.1, 0.15) is 25.6 Å². The van der Waals surface area contributed by atoms with Gasteiger partial charge in [0.15, 0.2) is 11.2 Å². The van der Waals surface area contributed by atoms with Gasteiger partial charge in [-0.1, -0.05) is 13.8 Å². The molecule has 2 rings (SSSR count). The summed E-state index contributed by atoms with van der Waals surface area (Å²) < 4.78 is 1.15. The Hall–Kier alpha value is -2.51. The standard InChI is InChI=1S/C11H13N5O3/c1-5(2)9(18)14-11-13-8-7(10(19)15-11)12-4-16(8)6(3)17/h4-5H,1-3H3,(H2,13,14,15,18,19). The van der Waals surface area contributed by atoms with E-state index in [1.807, 2.05) is 0 Å². The number of amides is 1. The molecule has 0 aromatic carbocycles. The molecule has 2 N–H and O–H groups in total. The Balaban J connectivity index is 2.53. The number of nitrogens with zero attached hydrogens (tertiary/aromatic N) is 3. The van der Waals surface area contributed by atoms with Crippen LogP contribution in [0.4, 0.5) is 5.95 Å². The molecule has 0 aliphatic carbocycles. The zero-order valence-corrected chi connectivity index (χ0v) is 10.7. The van der Waals surface area contributed by atoms with Crippen LogP contribution in [0.3, 0.4) is 0 Å². The highest BCUT2D eigenvalue weighted by Gasteiger charge is 2.14. The number of imidazole rings is 1. The fraction of sp³-hybridized carbons (Fsp3) is 0.364. The summed E-state index contributed by atoms with van der Waals surface area (Å²) in [7, 11) is 0. The summed E-state index contributed by atoms with van der Waals surface area (Å²) in [6.07, 6.45) is 1.23. The smallest absolute Gasteiger partial charge is 0.280 e. The molecule has 19 heavy (non-hydrogen) atoms. The van der Waals surface area contributed by atoms with Crippen molar-refractivity contribution in [3.8, 4) is 0 Å². The highest BCUT2D eigenvalue weighted by Crippen LogP contribution is 2.08. The first kappa shape index (κ1) is 12.9. The van der Waals surface area contributed by atoms with Crippen molar-refractivity contribution in [1.82, 2.24) is 19.5 Å². The van der Waals surface area contributed by atoms with E-state index in [1.54, 1.807) is 13.8 Å². The first-order valence-electron chi connectivity index (χ1n) is 5.69. The van der Waals surface area contributed by atoms with Crippen molar-refractivity contribution < 1.29 is 9.59 Å². The number of fused-ring (bicyclic) bond motifs is 1. The maximum absolute atomic E-state index is 11.8. The molecule has 8 nitrogen and oxygen atoms in total. The Morgan fingerprint density at radius 3 is 2.68 bits per heavy atom. The van der Waals surface area contributed by atoms with Gasteiger partial charge in [0.1, 0.15) is 6.33 Å². The molecule has 0 saturated heterocycles. The SMILES string of the molecule is CC(=O)n1cnc2c(=O)[nH]c(NC(=O)C(C)C)nc21. The van der Waals surface area contributed by atoms with E-state index in [2.05, 4.69) is 20.3 Å². The Bertz CT molecular complexity index is 713. The fourth-order valence-corrected chi connectivity index (χ4v) is 1.46. The number of H-pyrrole nitrogens is 1. The van der Waals surface area contributed by atoms with Gasteiger partial charge < -0.3 is 0 Å². The Morgan fingerprint density at radius 2 is 2.11 bits per heavy atom. The minimum absolute atomic E-state index is 0.000741. The van der Waals surface area contributed by atoms with Gasteiger partial charge in [-0.2, -0.15) is 4.98 Å². The minimum Gasteiger partial charge on any atom is -0.296 e. The van der Waals surface area contributed by atoms with Gasteiger partial charge in [0, 0.05) is 12.8 Å². The molecule has 2 aromatic heterocycles. The molecule has 0 aliphatic rings. The topological polar surface area (TPSA) is 110 Å². The van der Waals surface area contributed by atoms with Gasteiger partial charge in [0.05, 0.1) is 0 Å². The summed E-state index contributed by atoms with van der Waals surface area (Å²) in [5, 5.41) is 2.47. The third-order valence-corrected chi connectivity index (χ3v) is 2.51. The molecule has 0 bridgehead atoms. The van der Waals surface area contributed by atoms with Gasteiger partial charge in [-0.15, -0.1) is 0 Å². The molecular weight excluding hydrogens is 250 g/mol. The Morgan fingerprint density at radius 1 is 1.42 bits per heavy atom. The van der Waals surface area contributed by atoms with E-state index in [4.69, 9.17) is 0 Å². The Kier molecular flexibility index (Phi) is 3.16. The molecule has 2 heterocycles. The van der Waals surface area contributed by atoms with Crippen LogP contribution < -0.4 is 10.9 Å². The number of carbonyl (C=O) groups is 2. The monoisotopic (exact) mass is 263 g/mol. The molecule has 0 radical (unpaired) electrons. The zero-order chi connectivity index (χ0) is 14.2. The summed E-state index contributed by atoms with van der Waals surface area (Å²) in [6.45, 7) is 4.76. The van der Waals surface area contributed by atoms with Crippen molar-refractivity contribution in [3.05, 3.63) is 16.7 Å². The number of nitrogens with one attached hydrogen (secondary N) is 2. The third-order valence-electron chi connectivity index (χ3n) is 2.51. The summed E-state index contributed by atoms with van der Waals surface area (Å²) >= 11 is 0. The maximum atomic E-state index is 11.8. The molecule has 0 aliphatic heterocycles. The van der Waals surface area contributed by atoms with E-state index in [9.17, 15) is 14.4 Å². The number of aromatic nitrogens is 4. The van der Waals surface area contributed by atoms with E-state index in [1.165, 1.54) is 13.3 Å². The lowest BCUT2D eigenvalue weighted by molar-refractivity contribution is -0.118. The van der Waals surface area contributed by atoms with Gasteiger partial charge >= 0.3 is 0 Å². The molecule has 2 aromatic rings. The van der Waals surface area contributed by atoms with Crippen LogP contribution in [-0.2, 0) is 4.79 Å². The molecule has 0 fully saturated rings. The van der Waals surface area contributed by atoms with Gasteiger partial charge in [0.2, 0.25) is 17.8 Å². The molecule has 0 spiro atoms. The zero-order valence-electron chi connectivity index (χ0n) is 10.7. The van der Waals surface area contributed by atoms with Crippen LogP contribution in [0.5, 0.6) is 0 Å². The summed E-state index contributed by atoms with van der Waals surface area (Å²) in [6, 6.07) is 0. The predicted molar refractivity (Wildman–Crippen MR) is 67.9 cm³/mol. The number of carbonyl (C=O) groups excluding carboxylic acids is 2. The lowest BCUT2D eigenvalue weighted by Crippen LogP contribution is -2.22. The quantitative estimate of drug-likeness (QED) is 0.813. The van der Waals surface area contributed by atoms with Gasteiger partial charge in [-0.3, -0.25) is 29.3 Å². The molecular formula is C11H13N5O3. The minimum atomic E-state index is -0.510. The van der Waals surface area contributed by atoms with Gasteiger partial charge in [-0.05, 0) is 0 Å². The fourth-order valence-electron chi connectivity index (χ4n) is 1.46. The van der Waals surface area contributed by atoms with E-state index >= 15 is 0 Å². The van der Waals surface area contributed by atoms with Crippen molar-refractivity contribution in [2.75, 3.05) is 5.32 Å². The summed E-state index contributed by atoms with van der Waals surface area (Å²) in [4.78, 5) is 44.9. The summed E-state index contributed by atoms with van der Waals surface area (Å²) in [5.41, 5.74) is -0.336. The number of hydrogen-bond donors (Lipinski definition) is 2. The lowest BCUT2D eigenvalue weighted by atomic mass is 10.2. The molecule has 100 valence electrons. The van der Waals surface area contributed by atoms with Crippen molar-refractivity contribution in [2.24, 2.45) is 5.92 Å². The highest BCUT2D eigenvalue weighted by molar-refractivity contribution is 5.92. The van der Waals surface area contributed by atoms with E-state index in [0.717, 1.165) is 4.57 Å². The van der Waals surface area contributed by atoms with Crippen LogP contribution in [0.2, 0.25) is 0 Å². The number of aromatic amines is 1. The first-order chi connectivity index (χ1) is 8.90. The van der Waals surface area contributed by atoms with Crippen molar-refractivity contribution in [3.63, 3.8) is 0 Å². The number of anilines is 1. The molecule has 0 saturated carbocycles. The highest BCUT2D eigenvalue weighted by atomic mass is 16.2. The van der Waals surface area contributed by atoms with Crippen LogP contribution in [0, 0.1) is 5.92 Å². The first-order valence-corrected chi connectivity index (χ1v) is 5.69. The van der Waals surface area contributed by atoms with Crippen LogP contribution in [0.25, 0.3) is 11.2 Å². The van der Waals surface area contributed by atoms with Crippen molar-refractivity contribution in [1.29, 1.82) is 0 Å². The third kappa shape index (κ3) is 2.37. The number of hydrogen-bond acceptors (Lipinski definition) is 5. The second kappa shape index (κ2) is 4.63. The summed E-state index contributed by atoms with van der Waals surface area (Å²) in [5.74, 6) is -0.851. The average Bonchev–Trinajstić information content (AvgIpc) is 2.72.